The zero-order valence-corrected chi connectivity index (χ0v) is 15.8. The molecular weight excluding hydrogens is 390 g/mol. The number of aromatic nitrogens is 3. The number of hydrogen-bond acceptors (Lipinski definition) is 7. The smallest absolute Gasteiger partial charge is 0.230 e. The Hall–Kier alpha value is -3.14. The molecule has 0 atom stereocenters. The number of methoxy groups -OCH3 is 1. The van der Waals surface area contributed by atoms with Gasteiger partial charge < -0.3 is 10.1 Å². The number of anilines is 2. The summed E-state index contributed by atoms with van der Waals surface area (Å²) < 4.78 is 55.2. The van der Waals surface area contributed by atoms with Crippen molar-refractivity contribution in [3.8, 4) is 17.1 Å². The molecule has 0 radical (unpaired) electrons. The van der Waals surface area contributed by atoms with E-state index in [1.54, 1.807) is 24.3 Å². The summed E-state index contributed by atoms with van der Waals surface area (Å²) >= 11 is 0. The first-order valence-electron chi connectivity index (χ1n) is 8.02. The number of rotatable bonds is 6. The first-order chi connectivity index (χ1) is 13.3. The van der Waals surface area contributed by atoms with Gasteiger partial charge >= 0.3 is 0 Å². The molecule has 7 nitrogen and oxygen atoms in total. The molecule has 0 amide bonds. The topological polar surface area (TPSA) is 94.1 Å². The summed E-state index contributed by atoms with van der Waals surface area (Å²) in [5, 5.41) is 2.94. The number of hydrogen-bond donors (Lipinski definition) is 1. The van der Waals surface area contributed by atoms with E-state index in [0.717, 1.165) is 12.3 Å². The Balaban J connectivity index is 1.91. The van der Waals surface area contributed by atoms with Gasteiger partial charge in [-0.3, -0.25) is 0 Å². The minimum Gasteiger partial charge on any atom is -0.493 e. The van der Waals surface area contributed by atoms with E-state index < -0.39 is 21.5 Å². The quantitative estimate of drug-likeness (QED) is 0.672. The standard InChI is InChI=1S/C18H16F2N4O3S/c1-27-16-13(6-7-14(19)15(16)20)17-21-10-22-18(24-17)23-12-5-3-4-11(8-12)9-28(2,25)26/h3-8,10H,9H2,1-2H3,(H,21,22,23,24). The van der Waals surface area contributed by atoms with Crippen LogP contribution in [0.5, 0.6) is 5.75 Å². The number of sulfone groups is 1. The zero-order valence-electron chi connectivity index (χ0n) is 15.0. The minimum absolute atomic E-state index is 0.0838. The van der Waals surface area contributed by atoms with Gasteiger partial charge in [-0.2, -0.15) is 9.37 Å². The summed E-state index contributed by atoms with van der Waals surface area (Å²) in [6.45, 7) is 0. The molecular formula is C18H16F2N4O3S. The first kappa shape index (κ1) is 19.6. The molecule has 1 heterocycles. The number of benzene rings is 2. The molecule has 0 saturated carbocycles. The lowest BCUT2D eigenvalue weighted by molar-refractivity contribution is 0.373. The minimum atomic E-state index is -3.17. The highest BCUT2D eigenvalue weighted by Crippen LogP contribution is 2.31. The summed E-state index contributed by atoms with van der Waals surface area (Å²) in [5.74, 6) is -2.36. The average molecular weight is 406 g/mol. The van der Waals surface area contributed by atoms with Crippen molar-refractivity contribution in [2.45, 2.75) is 5.75 Å². The van der Waals surface area contributed by atoms with Crippen LogP contribution in [-0.2, 0) is 15.6 Å². The van der Waals surface area contributed by atoms with Crippen molar-refractivity contribution in [2.24, 2.45) is 0 Å². The van der Waals surface area contributed by atoms with Crippen LogP contribution in [0.25, 0.3) is 11.4 Å². The third-order valence-electron chi connectivity index (χ3n) is 3.68. The Kier molecular flexibility index (Phi) is 5.50. The summed E-state index contributed by atoms with van der Waals surface area (Å²) in [4.78, 5) is 12.2. The Morgan fingerprint density at radius 2 is 1.93 bits per heavy atom. The van der Waals surface area contributed by atoms with Gasteiger partial charge in [-0.1, -0.05) is 12.1 Å². The van der Waals surface area contributed by atoms with Crippen LogP contribution in [0, 0.1) is 11.6 Å². The fourth-order valence-corrected chi connectivity index (χ4v) is 3.35. The predicted molar refractivity (Wildman–Crippen MR) is 100 cm³/mol. The van der Waals surface area contributed by atoms with Crippen molar-refractivity contribution in [1.82, 2.24) is 15.0 Å². The molecule has 3 rings (SSSR count). The van der Waals surface area contributed by atoms with Gasteiger partial charge in [0.25, 0.3) is 0 Å². The fourth-order valence-electron chi connectivity index (χ4n) is 2.56. The maximum atomic E-state index is 13.9. The van der Waals surface area contributed by atoms with Gasteiger partial charge in [-0.25, -0.2) is 22.8 Å². The van der Waals surface area contributed by atoms with Gasteiger partial charge in [-0.05, 0) is 29.8 Å². The van der Waals surface area contributed by atoms with E-state index in [1.165, 1.54) is 19.5 Å². The van der Waals surface area contributed by atoms with E-state index in [4.69, 9.17) is 4.74 Å². The van der Waals surface area contributed by atoms with Crippen molar-refractivity contribution in [2.75, 3.05) is 18.7 Å². The number of nitrogens with one attached hydrogen (secondary N) is 1. The number of nitrogens with zero attached hydrogens (tertiary/aromatic N) is 3. The lowest BCUT2D eigenvalue weighted by Gasteiger charge is -2.10. The van der Waals surface area contributed by atoms with Crippen LogP contribution in [0.15, 0.2) is 42.7 Å². The molecule has 0 saturated heterocycles. The molecule has 2 aromatic carbocycles. The molecule has 0 fully saturated rings. The van der Waals surface area contributed by atoms with E-state index in [-0.39, 0.29) is 28.8 Å². The molecule has 0 bridgehead atoms. The molecule has 10 heteroatoms. The summed E-state index contributed by atoms with van der Waals surface area (Å²) in [6.07, 6.45) is 2.37. The highest BCUT2D eigenvalue weighted by molar-refractivity contribution is 7.89. The second-order valence-electron chi connectivity index (χ2n) is 5.97. The maximum absolute atomic E-state index is 13.9. The first-order valence-corrected chi connectivity index (χ1v) is 10.1. The lowest BCUT2D eigenvalue weighted by Crippen LogP contribution is -2.03. The van der Waals surface area contributed by atoms with Crippen molar-refractivity contribution in [3.63, 3.8) is 0 Å². The van der Waals surface area contributed by atoms with Crippen molar-refractivity contribution < 1.29 is 21.9 Å². The van der Waals surface area contributed by atoms with Gasteiger partial charge in [0.15, 0.2) is 27.2 Å². The van der Waals surface area contributed by atoms with Crippen LogP contribution < -0.4 is 10.1 Å². The van der Waals surface area contributed by atoms with E-state index in [2.05, 4.69) is 20.3 Å². The van der Waals surface area contributed by atoms with Gasteiger partial charge in [0.1, 0.15) is 6.33 Å². The highest BCUT2D eigenvalue weighted by Gasteiger charge is 2.18. The molecule has 0 aliphatic rings. The van der Waals surface area contributed by atoms with Gasteiger partial charge in [0.2, 0.25) is 11.8 Å². The molecule has 0 spiro atoms. The van der Waals surface area contributed by atoms with Crippen LogP contribution >= 0.6 is 0 Å². The molecule has 1 aromatic heterocycles. The lowest BCUT2D eigenvalue weighted by atomic mass is 10.1. The van der Waals surface area contributed by atoms with Crippen LogP contribution in [-0.4, -0.2) is 36.7 Å². The molecule has 0 aliphatic heterocycles. The van der Waals surface area contributed by atoms with Crippen molar-refractivity contribution in [1.29, 1.82) is 0 Å². The van der Waals surface area contributed by atoms with E-state index in [1.807, 2.05) is 0 Å². The molecule has 0 unspecified atom stereocenters. The predicted octanol–water partition coefficient (Wildman–Crippen LogP) is 3.11. The van der Waals surface area contributed by atoms with Crippen LogP contribution in [0.2, 0.25) is 0 Å². The largest absolute Gasteiger partial charge is 0.493 e. The van der Waals surface area contributed by atoms with Crippen LogP contribution in [0.4, 0.5) is 20.4 Å². The Morgan fingerprint density at radius 1 is 1.14 bits per heavy atom. The normalized spacial score (nSPS) is 11.3. The fraction of sp³-hybridized carbons (Fsp3) is 0.167. The number of ether oxygens (including phenoxy) is 1. The Morgan fingerprint density at radius 3 is 2.64 bits per heavy atom. The van der Waals surface area contributed by atoms with E-state index in [0.29, 0.717) is 11.3 Å². The van der Waals surface area contributed by atoms with Crippen molar-refractivity contribution >= 4 is 21.5 Å². The summed E-state index contributed by atoms with van der Waals surface area (Å²) in [5.41, 5.74) is 1.33. The number of halogens is 2. The van der Waals surface area contributed by atoms with Crippen LogP contribution in [0.1, 0.15) is 5.56 Å². The third kappa shape index (κ3) is 4.58. The van der Waals surface area contributed by atoms with E-state index in [9.17, 15) is 17.2 Å². The second-order valence-corrected chi connectivity index (χ2v) is 8.11. The highest BCUT2D eigenvalue weighted by atomic mass is 32.2. The van der Waals surface area contributed by atoms with E-state index >= 15 is 0 Å². The zero-order chi connectivity index (χ0) is 20.3. The Labute approximate surface area is 160 Å². The molecule has 146 valence electrons. The second kappa shape index (κ2) is 7.85. The SMILES string of the molecule is COc1c(-c2ncnc(Nc3cccc(CS(C)(=O)=O)c3)n2)ccc(F)c1F. The molecule has 0 aliphatic carbocycles. The van der Waals surface area contributed by atoms with Gasteiger partial charge in [0.05, 0.1) is 18.4 Å². The Bertz CT molecular complexity index is 1120. The molecule has 28 heavy (non-hydrogen) atoms. The molecule has 3 aromatic rings. The summed E-state index contributed by atoms with van der Waals surface area (Å²) in [6, 6.07) is 9.03. The summed E-state index contributed by atoms with van der Waals surface area (Å²) in [7, 11) is -1.96. The van der Waals surface area contributed by atoms with Crippen molar-refractivity contribution in [3.05, 3.63) is 59.9 Å². The monoisotopic (exact) mass is 406 g/mol. The van der Waals surface area contributed by atoms with Gasteiger partial charge in [-0.15, -0.1) is 0 Å². The average Bonchev–Trinajstić information content (AvgIpc) is 2.63. The maximum Gasteiger partial charge on any atom is 0.230 e. The third-order valence-corrected chi connectivity index (χ3v) is 4.54. The van der Waals surface area contributed by atoms with Gasteiger partial charge in [0, 0.05) is 11.9 Å². The molecule has 1 N–H and O–H groups in total. The van der Waals surface area contributed by atoms with Crippen LogP contribution in [0.3, 0.4) is 0 Å².